The van der Waals surface area contributed by atoms with Gasteiger partial charge in [-0.15, -0.1) is 0 Å². The first-order chi connectivity index (χ1) is 8.91. The van der Waals surface area contributed by atoms with E-state index in [1.54, 1.807) is 11.9 Å². The van der Waals surface area contributed by atoms with Crippen LogP contribution < -0.4 is 0 Å². The number of carbonyl (C=O) groups is 2. The number of nitrogens with zero attached hydrogens (tertiary/aromatic N) is 1. The smallest absolute Gasteiger partial charge is 0.303 e. The van der Waals surface area contributed by atoms with Crippen LogP contribution in [0.25, 0.3) is 0 Å². The van der Waals surface area contributed by atoms with E-state index in [1.165, 1.54) is 0 Å². The van der Waals surface area contributed by atoms with Gasteiger partial charge in [-0.25, -0.2) is 0 Å². The van der Waals surface area contributed by atoms with Crippen molar-refractivity contribution in [1.29, 1.82) is 0 Å². The van der Waals surface area contributed by atoms with E-state index in [9.17, 15) is 9.59 Å². The zero-order valence-electron chi connectivity index (χ0n) is 11.1. The molecule has 1 aromatic rings. The molecular formula is C14H18BrNO3. The Labute approximate surface area is 121 Å². The molecule has 0 saturated heterocycles. The highest BCUT2D eigenvalue weighted by Gasteiger charge is 2.19. The van der Waals surface area contributed by atoms with E-state index >= 15 is 0 Å². The van der Waals surface area contributed by atoms with Crippen LogP contribution in [0.15, 0.2) is 28.7 Å². The monoisotopic (exact) mass is 327 g/mol. The third-order valence-electron chi connectivity index (χ3n) is 3.00. The fourth-order valence-electron chi connectivity index (χ4n) is 1.80. The minimum atomic E-state index is -0.832. The van der Waals surface area contributed by atoms with Crippen molar-refractivity contribution in [3.05, 3.63) is 34.3 Å². The van der Waals surface area contributed by atoms with E-state index in [0.717, 1.165) is 10.0 Å². The van der Waals surface area contributed by atoms with Crippen LogP contribution in [0.2, 0.25) is 0 Å². The molecule has 1 amide bonds. The van der Waals surface area contributed by atoms with Crippen LogP contribution in [0.3, 0.4) is 0 Å². The molecule has 0 aliphatic carbocycles. The number of rotatable bonds is 6. The Hall–Kier alpha value is -1.36. The summed E-state index contributed by atoms with van der Waals surface area (Å²) in [7, 11) is 1.71. The predicted molar refractivity (Wildman–Crippen MR) is 77.1 cm³/mol. The maximum Gasteiger partial charge on any atom is 0.303 e. The van der Waals surface area contributed by atoms with Gasteiger partial charge in [0.15, 0.2) is 0 Å². The summed E-state index contributed by atoms with van der Waals surface area (Å²) in [6, 6.07) is 7.64. The van der Waals surface area contributed by atoms with Gasteiger partial charge in [0, 0.05) is 24.5 Å². The first-order valence-corrected chi connectivity index (χ1v) is 6.93. The van der Waals surface area contributed by atoms with Gasteiger partial charge >= 0.3 is 5.97 Å². The normalized spacial score (nSPS) is 11.9. The van der Waals surface area contributed by atoms with Crippen LogP contribution in [0, 0.1) is 0 Å². The average molecular weight is 328 g/mol. The number of amides is 1. The Bertz CT molecular complexity index is 445. The largest absolute Gasteiger partial charge is 0.481 e. The molecule has 1 unspecified atom stereocenters. The standard InChI is InChI=1S/C14H18BrNO3/c1-10(11-5-7-12(15)8-6-11)14(19)16(2)9-3-4-13(17)18/h5-8,10H,3-4,9H2,1-2H3,(H,17,18). The maximum atomic E-state index is 12.2. The average Bonchev–Trinajstić information content (AvgIpc) is 2.37. The van der Waals surface area contributed by atoms with Crippen molar-refractivity contribution >= 4 is 27.8 Å². The van der Waals surface area contributed by atoms with Crippen LogP contribution in [0.5, 0.6) is 0 Å². The van der Waals surface area contributed by atoms with Crippen LogP contribution in [-0.4, -0.2) is 35.5 Å². The van der Waals surface area contributed by atoms with Crippen molar-refractivity contribution in [1.82, 2.24) is 4.90 Å². The number of carbonyl (C=O) groups excluding carboxylic acids is 1. The zero-order valence-corrected chi connectivity index (χ0v) is 12.7. The fraction of sp³-hybridized carbons (Fsp3) is 0.429. The third-order valence-corrected chi connectivity index (χ3v) is 3.53. The number of halogens is 1. The molecule has 4 nitrogen and oxygen atoms in total. The lowest BCUT2D eigenvalue weighted by Gasteiger charge is -2.21. The molecule has 0 aromatic heterocycles. The van der Waals surface area contributed by atoms with Crippen LogP contribution >= 0.6 is 15.9 Å². The Morgan fingerprint density at radius 3 is 2.42 bits per heavy atom. The number of hydrogen-bond acceptors (Lipinski definition) is 2. The van der Waals surface area contributed by atoms with Crippen LogP contribution in [0.4, 0.5) is 0 Å². The van der Waals surface area contributed by atoms with E-state index in [0.29, 0.717) is 13.0 Å². The predicted octanol–water partition coefficient (Wildman–Crippen LogP) is 2.88. The molecule has 1 aromatic carbocycles. The zero-order chi connectivity index (χ0) is 14.4. The molecule has 0 aliphatic rings. The van der Waals surface area contributed by atoms with Crippen molar-refractivity contribution in [3.8, 4) is 0 Å². The summed E-state index contributed by atoms with van der Waals surface area (Å²) in [6.07, 6.45) is 0.564. The summed E-state index contributed by atoms with van der Waals surface area (Å²) < 4.78 is 0.978. The lowest BCUT2D eigenvalue weighted by atomic mass is 10.00. The van der Waals surface area contributed by atoms with Gasteiger partial charge in [-0.1, -0.05) is 28.1 Å². The molecule has 0 bridgehead atoms. The Kier molecular flexibility index (Phi) is 6.02. The second kappa shape index (κ2) is 7.28. The first-order valence-electron chi connectivity index (χ1n) is 6.14. The van der Waals surface area contributed by atoms with Gasteiger partial charge in [-0.3, -0.25) is 9.59 Å². The van der Waals surface area contributed by atoms with Crippen LogP contribution in [0.1, 0.15) is 31.2 Å². The summed E-state index contributed by atoms with van der Waals surface area (Å²) in [5, 5.41) is 8.57. The molecule has 0 saturated carbocycles. The second-order valence-electron chi connectivity index (χ2n) is 4.53. The van der Waals surface area contributed by atoms with Gasteiger partial charge in [0.1, 0.15) is 0 Å². The molecule has 104 valence electrons. The van der Waals surface area contributed by atoms with Gasteiger partial charge in [0.05, 0.1) is 5.92 Å². The molecule has 0 spiro atoms. The van der Waals surface area contributed by atoms with Gasteiger partial charge in [0.25, 0.3) is 0 Å². The maximum absolute atomic E-state index is 12.2. The first kappa shape index (κ1) is 15.7. The fourth-order valence-corrected chi connectivity index (χ4v) is 2.07. The van der Waals surface area contributed by atoms with E-state index < -0.39 is 5.97 Å². The van der Waals surface area contributed by atoms with Crippen molar-refractivity contribution in [2.24, 2.45) is 0 Å². The van der Waals surface area contributed by atoms with Crippen molar-refractivity contribution < 1.29 is 14.7 Å². The van der Waals surface area contributed by atoms with Gasteiger partial charge in [-0.2, -0.15) is 0 Å². The minimum Gasteiger partial charge on any atom is -0.481 e. The highest BCUT2D eigenvalue weighted by Crippen LogP contribution is 2.20. The number of carboxylic acids is 1. The number of hydrogen-bond donors (Lipinski definition) is 1. The lowest BCUT2D eigenvalue weighted by Crippen LogP contribution is -2.31. The third kappa shape index (κ3) is 5.03. The van der Waals surface area contributed by atoms with E-state index in [1.807, 2.05) is 31.2 Å². The molecule has 0 fully saturated rings. The van der Waals surface area contributed by atoms with Crippen molar-refractivity contribution in [3.63, 3.8) is 0 Å². The lowest BCUT2D eigenvalue weighted by molar-refractivity contribution is -0.138. The SMILES string of the molecule is CC(C(=O)N(C)CCCC(=O)O)c1ccc(Br)cc1. The van der Waals surface area contributed by atoms with E-state index in [-0.39, 0.29) is 18.2 Å². The summed E-state index contributed by atoms with van der Waals surface area (Å²) in [5.41, 5.74) is 0.957. The summed E-state index contributed by atoms with van der Waals surface area (Å²) in [5.74, 6) is -1.04. The van der Waals surface area contributed by atoms with Crippen molar-refractivity contribution in [2.75, 3.05) is 13.6 Å². The highest BCUT2D eigenvalue weighted by molar-refractivity contribution is 9.10. The number of aliphatic carboxylic acids is 1. The van der Waals surface area contributed by atoms with Gasteiger partial charge in [-0.05, 0) is 31.0 Å². The summed E-state index contributed by atoms with van der Waals surface area (Å²) in [6.45, 7) is 2.32. The molecule has 1 rings (SSSR count). The van der Waals surface area contributed by atoms with Crippen molar-refractivity contribution in [2.45, 2.75) is 25.7 Å². The molecule has 5 heteroatoms. The molecule has 19 heavy (non-hydrogen) atoms. The molecule has 1 N–H and O–H groups in total. The van der Waals surface area contributed by atoms with Gasteiger partial charge < -0.3 is 10.0 Å². The Balaban J connectivity index is 2.56. The molecule has 0 heterocycles. The summed E-state index contributed by atoms with van der Waals surface area (Å²) in [4.78, 5) is 24.2. The molecule has 0 aliphatic heterocycles. The molecule has 0 radical (unpaired) electrons. The Morgan fingerprint density at radius 1 is 1.32 bits per heavy atom. The summed E-state index contributed by atoms with van der Waals surface area (Å²) >= 11 is 3.36. The second-order valence-corrected chi connectivity index (χ2v) is 5.45. The molecule has 1 atom stereocenters. The molecular weight excluding hydrogens is 310 g/mol. The van der Waals surface area contributed by atoms with E-state index in [2.05, 4.69) is 15.9 Å². The highest BCUT2D eigenvalue weighted by atomic mass is 79.9. The number of likely N-dealkylation sites (N-methyl/N-ethyl adjacent to an activating group) is 1. The quantitative estimate of drug-likeness (QED) is 0.874. The van der Waals surface area contributed by atoms with Gasteiger partial charge in [0.2, 0.25) is 5.91 Å². The minimum absolute atomic E-state index is 0.00714. The number of carboxylic acid groups (broad SMARTS) is 1. The number of benzene rings is 1. The topological polar surface area (TPSA) is 57.6 Å². The Morgan fingerprint density at radius 2 is 1.89 bits per heavy atom. The van der Waals surface area contributed by atoms with E-state index in [4.69, 9.17) is 5.11 Å². The van der Waals surface area contributed by atoms with Crippen LogP contribution in [-0.2, 0) is 9.59 Å².